The van der Waals surface area contributed by atoms with Gasteiger partial charge in [0, 0.05) is 29.6 Å². The minimum atomic E-state index is -0.891. The molecule has 8 rings (SSSR count). The lowest BCUT2D eigenvalue weighted by molar-refractivity contribution is -0.136. The van der Waals surface area contributed by atoms with Crippen LogP contribution >= 0.6 is 0 Å². The molecule has 9 heteroatoms. The molecule has 0 fully saturated rings. The molecule has 0 saturated carbocycles. The molecule has 9 nitrogen and oxygen atoms in total. The molecule has 0 unspecified atom stereocenters. The monoisotopic (exact) mass is 747 g/mol. The standard InChI is InChI=1S/C23H19NO4.C23H19NO3.CH4/c25-22(26)13-15-9-11-16(12-10-15)24-23(27)28-14-21-19-7-3-1-5-17(19)18-6-2-4-8-20(18)21;25-14-13-16-9-11-17(12-10-16)24-23(26)27-15-22-20-7-3-1-5-18(20)19-6-2-4-8-21(19)22;/h1-12,21H,13-14H2,(H,24,27)(H,25,26);1-12,14,22H,13,15H2,(H,24,26);1H4/i;14D;. The number of hydrogen-bond donors (Lipinski definition) is 3. The predicted molar refractivity (Wildman–Crippen MR) is 218 cm³/mol. The van der Waals surface area contributed by atoms with Gasteiger partial charge in [-0.1, -0.05) is 129 Å². The Bertz CT molecular complexity index is 2140. The molecule has 3 N–H and O–H groups in total. The molecule has 6 aromatic carbocycles. The third-order valence-corrected chi connectivity index (χ3v) is 9.72. The zero-order valence-corrected chi connectivity index (χ0v) is 29.7. The molecule has 0 bridgehead atoms. The second kappa shape index (κ2) is 17.9. The molecular weight excluding hydrogens is 705 g/mol. The SMILES string of the molecule is C.O=C(O)Cc1ccc(NC(=O)OCC2c3ccccc3-c3ccccc32)cc1.[2H]C(=O)Cc1ccc(NC(=O)OCC2c3ccccc3-c3ccccc32)cc1. The number of aliphatic carboxylic acids is 1. The molecular formula is C47H42N2O7. The van der Waals surface area contributed by atoms with E-state index in [-0.39, 0.29) is 45.3 Å². The number of aldehydes is 1. The molecule has 0 saturated heterocycles. The number of rotatable bonds is 10. The Kier molecular flexibility index (Phi) is 11.9. The van der Waals surface area contributed by atoms with Gasteiger partial charge in [-0.05, 0) is 79.9 Å². The number of fused-ring (bicyclic) bond motifs is 6. The van der Waals surface area contributed by atoms with Crippen LogP contribution in [0.3, 0.4) is 0 Å². The van der Waals surface area contributed by atoms with Crippen LogP contribution in [0.5, 0.6) is 0 Å². The zero-order valence-electron chi connectivity index (χ0n) is 30.7. The van der Waals surface area contributed by atoms with Gasteiger partial charge in [-0.3, -0.25) is 15.4 Å². The van der Waals surface area contributed by atoms with Gasteiger partial charge in [-0.2, -0.15) is 0 Å². The van der Waals surface area contributed by atoms with Crippen molar-refractivity contribution in [3.8, 4) is 22.3 Å². The van der Waals surface area contributed by atoms with Gasteiger partial charge in [0.25, 0.3) is 0 Å². The summed E-state index contributed by atoms with van der Waals surface area (Å²) >= 11 is 0. The van der Waals surface area contributed by atoms with E-state index in [1.54, 1.807) is 48.5 Å². The Morgan fingerprint density at radius 2 is 0.893 bits per heavy atom. The third kappa shape index (κ3) is 8.85. The summed E-state index contributed by atoms with van der Waals surface area (Å²) in [5.41, 5.74) is 11.9. The number of benzene rings is 6. The second-order valence-corrected chi connectivity index (χ2v) is 13.2. The number of nitrogens with one attached hydrogen (secondary N) is 2. The normalized spacial score (nSPS) is 12.2. The van der Waals surface area contributed by atoms with Gasteiger partial charge < -0.3 is 19.4 Å². The maximum absolute atomic E-state index is 12.2. The highest BCUT2D eigenvalue weighted by atomic mass is 16.6. The number of carboxylic acid groups (broad SMARTS) is 1. The van der Waals surface area contributed by atoms with Crippen molar-refractivity contribution >= 4 is 35.8 Å². The summed E-state index contributed by atoms with van der Waals surface area (Å²) in [4.78, 5) is 46.0. The number of anilines is 2. The van der Waals surface area contributed by atoms with E-state index in [2.05, 4.69) is 59.2 Å². The molecule has 282 valence electrons. The molecule has 2 aliphatic rings. The first kappa shape index (κ1) is 37.3. The predicted octanol–water partition coefficient (Wildman–Crippen LogP) is 10.1. The number of carbonyl (C=O) groups excluding carboxylic acids is 3. The van der Waals surface area contributed by atoms with Gasteiger partial charge in [-0.25, -0.2) is 9.59 Å². The van der Waals surface area contributed by atoms with E-state index in [1.165, 1.54) is 33.4 Å². The highest BCUT2D eigenvalue weighted by Crippen LogP contribution is 2.45. The molecule has 0 radical (unpaired) electrons. The van der Waals surface area contributed by atoms with E-state index in [0.717, 1.165) is 16.7 Å². The smallest absolute Gasteiger partial charge is 0.411 e. The average Bonchev–Trinajstić information content (AvgIpc) is 3.70. The Hall–Kier alpha value is -7.00. The van der Waals surface area contributed by atoms with Crippen LogP contribution in [0.2, 0.25) is 0 Å². The summed E-state index contributed by atoms with van der Waals surface area (Å²) in [6.07, 6.45) is -1.69. The van der Waals surface area contributed by atoms with E-state index in [9.17, 15) is 19.2 Å². The quantitative estimate of drug-likeness (QED) is 0.119. The van der Waals surface area contributed by atoms with Crippen molar-refractivity contribution in [2.24, 2.45) is 0 Å². The fourth-order valence-electron chi connectivity index (χ4n) is 7.17. The number of hydrogen-bond acceptors (Lipinski definition) is 6. The van der Waals surface area contributed by atoms with Crippen LogP contribution in [-0.4, -0.2) is 42.7 Å². The number of carboxylic acids is 1. The number of ether oxygens (including phenoxy) is 2. The summed E-state index contributed by atoms with van der Waals surface area (Å²) in [5.74, 6) is -0.864. The average molecular weight is 748 g/mol. The zero-order chi connectivity index (χ0) is 39.0. The van der Waals surface area contributed by atoms with Crippen LogP contribution in [0.4, 0.5) is 21.0 Å². The highest BCUT2D eigenvalue weighted by molar-refractivity contribution is 5.86. The van der Waals surface area contributed by atoms with Crippen LogP contribution in [-0.2, 0) is 31.9 Å². The minimum Gasteiger partial charge on any atom is -0.481 e. The van der Waals surface area contributed by atoms with Crippen molar-refractivity contribution < 1.29 is 35.1 Å². The summed E-state index contributed by atoms with van der Waals surface area (Å²) in [6.45, 7) is 0.502. The summed E-state index contributed by atoms with van der Waals surface area (Å²) < 4.78 is 18.0. The third-order valence-electron chi connectivity index (χ3n) is 9.72. The minimum absolute atomic E-state index is 0. The lowest BCUT2D eigenvalue weighted by Crippen LogP contribution is -2.17. The van der Waals surface area contributed by atoms with Crippen LogP contribution in [0.25, 0.3) is 22.3 Å². The van der Waals surface area contributed by atoms with Crippen LogP contribution in [0.15, 0.2) is 146 Å². The molecule has 6 aromatic rings. The molecule has 2 aliphatic carbocycles. The first-order valence-electron chi connectivity index (χ1n) is 18.4. The number of amides is 2. The van der Waals surface area contributed by atoms with Gasteiger partial charge in [0.05, 0.1) is 6.42 Å². The van der Waals surface area contributed by atoms with E-state index >= 15 is 0 Å². The maximum atomic E-state index is 12.2. The van der Waals surface area contributed by atoms with Gasteiger partial charge >= 0.3 is 18.2 Å². The van der Waals surface area contributed by atoms with Crippen LogP contribution < -0.4 is 10.6 Å². The van der Waals surface area contributed by atoms with Crippen molar-refractivity contribution in [2.45, 2.75) is 32.1 Å². The summed E-state index contributed by atoms with van der Waals surface area (Å²) in [5, 5.41) is 14.2. The first-order chi connectivity index (χ1) is 27.2. The summed E-state index contributed by atoms with van der Waals surface area (Å²) in [6, 6.07) is 46.2. The van der Waals surface area contributed by atoms with Gasteiger partial charge in [-0.15, -0.1) is 0 Å². The van der Waals surface area contributed by atoms with Crippen LogP contribution in [0.1, 0.15) is 54.0 Å². The molecule has 0 spiro atoms. The van der Waals surface area contributed by atoms with Crippen molar-refractivity contribution in [3.63, 3.8) is 0 Å². The van der Waals surface area contributed by atoms with E-state index in [0.29, 0.717) is 16.9 Å². The lowest BCUT2D eigenvalue weighted by atomic mass is 9.98. The molecule has 56 heavy (non-hydrogen) atoms. The summed E-state index contributed by atoms with van der Waals surface area (Å²) in [7, 11) is 0. The maximum Gasteiger partial charge on any atom is 0.411 e. The van der Waals surface area contributed by atoms with Crippen molar-refractivity contribution in [2.75, 3.05) is 23.8 Å². The molecule has 0 aliphatic heterocycles. The largest absolute Gasteiger partial charge is 0.481 e. The molecule has 2 amide bonds. The fraction of sp³-hybridized carbons (Fsp3) is 0.149. The second-order valence-electron chi connectivity index (χ2n) is 13.2. The fourth-order valence-corrected chi connectivity index (χ4v) is 7.17. The van der Waals surface area contributed by atoms with Crippen molar-refractivity contribution in [1.29, 1.82) is 0 Å². The first-order valence-corrected chi connectivity index (χ1v) is 17.9. The van der Waals surface area contributed by atoms with E-state index in [4.69, 9.17) is 16.0 Å². The van der Waals surface area contributed by atoms with Crippen molar-refractivity contribution in [1.82, 2.24) is 0 Å². The van der Waals surface area contributed by atoms with Crippen molar-refractivity contribution in [3.05, 3.63) is 179 Å². The van der Waals surface area contributed by atoms with Crippen LogP contribution in [0, 0.1) is 0 Å². The van der Waals surface area contributed by atoms with E-state index < -0.39 is 24.4 Å². The Morgan fingerprint density at radius 3 is 1.23 bits per heavy atom. The lowest BCUT2D eigenvalue weighted by Gasteiger charge is -2.14. The topological polar surface area (TPSA) is 131 Å². The molecule has 0 atom stereocenters. The highest BCUT2D eigenvalue weighted by Gasteiger charge is 2.30. The Balaban J connectivity index is 0.000000189. The van der Waals surface area contributed by atoms with Gasteiger partial charge in [0.2, 0.25) is 0 Å². The number of carbonyl (C=O) groups is 4. The van der Waals surface area contributed by atoms with Gasteiger partial charge in [0.1, 0.15) is 20.8 Å². The molecule has 0 heterocycles. The Morgan fingerprint density at radius 1 is 0.554 bits per heavy atom. The Labute approximate surface area is 327 Å². The molecule has 0 aromatic heterocycles. The van der Waals surface area contributed by atoms with E-state index in [1.807, 2.05) is 48.5 Å². The van der Waals surface area contributed by atoms with Gasteiger partial charge in [0.15, 0.2) is 0 Å².